The van der Waals surface area contributed by atoms with Gasteiger partial charge in [0.1, 0.15) is 5.60 Å². The second kappa shape index (κ2) is 7.24. The summed E-state index contributed by atoms with van der Waals surface area (Å²) in [5.74, 6) is 0.605. The van der Waals surface area contributed by atoms with Gasteiger partial charge in [0, 0.05) is 25.3 Å². The molecule has 1 amide bonds. The van der Waals surface area contributed by atoms with E-state index >= 15 is 0 Å². The summed E-state index contributed by atoms with van der Waals surface area (Å²) in [6, 6.07) is 6.49. The van der Waals surface area contributed by atoms with Crippen LogP contribution in [-0.4, -0.2) is 36.2 Å². The van der Waals surface area contributed by atoms with Gasteiger partial charge in [-0.25, -0.2) is 4.79 Å². The Labute approximate surface area is 140 Å². The number of anilines is 1. The number of benzene rings is 1. The van der Waals surface area contributed by atoms with E-state index in [1.807, 2.05) is 25.7 Å². The Balaban J connectivity index is 1.79. The fourth-order valence-electron chi connectivity index (χ4n) is 2.83. The molecule has 1 aliphatic rings. The highest BCUT2D eigenvalue weighted by atomic mass is 16.6. The van der Waals surface area contributed by atoms with E-state index in [4.69, 9.17) is 4.74 Å². The number of likely N-dealkylation sites (tertiary alicyclic amines) is 1. The number of hydrogen-bond donors (Lipinski definition) is 1. The molecule has 1 heterocycles. The molecule has 4 heteroatoms. The normalized spacial score (nSPS) is 16.3. The summed E-state index contributed by atoms with van der Waals surface area (Å²) in [7, 11) is 0. The summed E-state index contributed by atoms with van der Waals surface area (Å²) in [6.07, 6.45) is 1.87. The molecule has 0 bridgehead atoms. The number of aryl methyl sites for hydroxylation is 2. The molecule has 1 fully saturated rings. The Hall–Kier alpha value is -1.71. The molecule has 0 radical (unpaired) electrons. The molecule has 1 aromatic rings. The Bertz CT molecular complexity index is 541. The molecule has 0 unspecified atom stereocenters. The van der Waals surface area contributed by atoms with E-state index < -0.39 is 5.60 Å². The standard InChI is InChI=1S/C19H30N2O2/c1-14-6-7-15(2)17(12-14)20-13-16-8-10-21(11-9-16)18(22)23-19(3,4)5/h6-7,12,16,20H,8-11,13H2,1-5H3. The van der Waals surface area contributed by atoms with Crippen LogP contribution in [0, 0.1) is 19.8 Å². The minimum Gasteiger partial charge on any atom is -0.444 e. The van der Waals surface area contributed by atoms with Gasteiger partial charge < -0.3 is 15.0 Å². The number of amides is 1. The van der Waals surface area contributed by atoms with Crippen molar-refractivity contribution in [3.63, 3.8) is 0 Å². The number of ether oxygens (including phenoxy) is 1. The van der Waals surface area contributed by atoms with Crippen LogP contribution < -0.4 is 5.32 Å². The van der Waals surface area contributed by atoms with E-state index in [2.05, 4.69) is 37.4 Å². The lowest BCUT2D eigenvalue weighted by atomic mass is 9.96. The third-order valence-corrected chi connectivity index (χ3v) is 4.24. The largest absolute Gasteiger partial charge is 0.444 e. The first-order chi connectivity index (χ1) is 10.7. The summed E-state index contributed by atoms with van der Waals surface area (Å²) >= 11 is 0. The maximum Gasteiger partial charge on any atom is 0.410 e. The van der Waals surface area contributed by atoms with Gasteiger partial charge in [0.2, 0.25) is 0 Å². The Kier molecular flexibility index (Phi) is 5.55. The minimum atomic E-state index is -0.418. The highest BCUT2D eigenvalue weighted by molar-refractivity contribution is 5.68. The first kappa shape index (κ1) is 17.6. The fraction of sp³-hybridized carbons (Fsp3) is 0.632. The monoisotopic (exact) mass is 318 g/mol. The molecular formula is C19H30N2O2. The van der Waals surface area contributed by atoms with Crippen LogP contribution in [0.4, 0.5) is 10.5 Å². The summed E-state index contributed by atoms with van der Waals surface area (Å²) in [6.45, 7) is 12.5. The number of rotatable bonds is 3. The summed E-state index contributed by atoms with van der Waals surface area (Å²) in [4.78, 5) is 13.9. The van der Waals surface area contributed by atoms with Gasteiger partial charge in [0.15, 0.2) is 0 Å². The van der Waals surface area contributed by atoms with Gasteiger partial charge in [-0.15, -0.1) is 0 Å². The van der Waals surface area contributed by atoms with Crippen LogP contribution in [0.3, 0.4) is 0 Å². The molecule has 1 saturated heterocycles. The number of carbonyl (C=O) groups excluding carboxylic acids is 1. The zero-order chi connectivity index (χ0) is 17.0. The number of carbonyl (C=O) groups is 1. The Morgan fingerprint density at radius 1 is 1.26 bits per heavy atom. The van der Waals surface area contributed by atoms with Crippen LogP contribution in [0.25, 0.3) is 0 Å². The predicted molar refractivity (Wildman–Crippen MR) is 94.9 cm³/mol. The minimum absolute atomic E-state index is 0.182. The van der Waals surface area contributed by atoms with Gasteiger partial charge in [-0.05, 0) is 70.6 Å². The lowest BCUT2D eigenvalue weighted by Crippen LogP contribution is -2.42. The van der Waals surface area contributed by atoms with Crippen molar-refractivity contribution in [1.82, 2.24) is 4.90 Å². The maximum absolute atomic E-state index is 12.1. The van der Waals surface area contributed by atoms with Crippen LogP contribution in [0.1, 0.15) is 44.7 Å². The molecule has 23 heavy (non-hydrogen) atoms. The van der Waals surface area contributed by atoms with Gasteiger partial charge in [-0.1, -0.05) is 12.1 Å². The number of hydrogen-bond acceptors (Lipinski definition) is 3. The first-order valence-corrected chi connectivity index (χ1v) is 8.53. The van der Waals surface area contributed by atoms with Gasteiger partial charge in [0.05, 0.1) is 0 Å². The molecular weight excluding hydrogens is 288 g/mol. The van der Waals surface area contributed by atoms with Crippen LogP contribution in [-0.2, 0) is 4.74 Å². The van der Waals surface area contributed by atoms with Crippen LogP contribution >= 0.6 is 0 Å². The van der Waals surface area contributed by atoms with Crippen molar-refractivity contribution in [1.29, 1.82) is 0 Å². The van der Waals surface area contributed by atoms with Crippen molar-refractivity contribution in [3.05, 3.63) is 29.3 Å². The predicted octanol–water partition coefficient (Wildman–Crippen LogP) is 4.36. The third kappa shape index (κ3) is 5.45. The van der Waals surface area contributed by atoms with E-state index in [1.165, 1.54) is 16.8 Å². The molecule has 0 spiro atoms. The van der Waals surface area contributed by atoms with E-state index in [0.717, 1.165) is 32.5 Å². The van der Waals surface area contributed by atoms with Crippen molar-refractivity contribution in [2.45, 2.75) is 53.1 Å². The van der Waals surface area contributed by atoms with E-state index in [9.17, 15) is 4.79 Å². The number of piperidine rings is 1. The molecule has 1 aromatic carbocycles. The highest BCUT2D eigenvalue weighted by Crippen LogP contribution is 2.22. The molecule has 1 N–H and O–H groups in total. The smallest absolute Gasteiger partial charge is 0.410 e. The van der Waals surface area contributed by atoms with Gasteiger partial charge >= 0.3 is 6.09 Å². The van der Waals surface area contributed by atoms with Gasteiger partial charge in [-0.2, -0.15) is 0 Å². The fourth-order valence-corrected chi connectivity index (χ4v) is 2.83. The summed E-state index contributed by atoms with van der Waals surface area (Å²) in [5, 5.41) is 3.57. The summed E-state index contributed by atoms with van der Waals surface area (Å²) < 4.78 is 5.44. The zero-order valence-corrected chi connectivity index (χ0v) is 15.1. The number of nitrogens with zero attached hydrogens (tertiary/aromatic N) is 1. The van der Waals surface area contributed by atoms with Crippen molar-refractivity contribution < 1.29 is 9.53 Å². The molecule has 0 aliphatic carbocycles. The van der Waals surface area contributed by atoms with Crippen LogP contribution in [0.5, 0.6) is 0 Å². The Morgan fingerprint density at radius 3 is 2.52 bits per heavy atom. The Morgan fingerprint density at radius 2 is 1.91 bits per heavy atom. The average Bonchev–Trinajstić information content (AvgIpc) is 2.47. The van der Waals surface area contributed by atoms with Crippen LogP contribution in [0.2, 0.25) is 0 Å². The van der Waals surface area contributed by atoms with E-state index in [0.29, 0.717) is 5.92 Å². The SMILES string of the molecule is Cc1ccc(C)c(NCC2CCN(C(=O)OC(C)(C)C)CC2)c1. The maximum atomic E-state index is 12.1. The lowest BCUT2D eigenvalue weighted by molar-refractivity contribution is 0.0188. The summed E-state index contributed by atoms with van der Waals surface area (Å²) in [5.41, 5.74) is 3.36. The van der Waals surface area contributed by atoms with E-state index in [1.54, 1.807) is 0 Å². The van der Waals surface area contributed by atoms with Crippen molar-refractivity contribution in [2.24, 2.45) is 5.92 Å². The molecule has 1 aliphatic heterocycles. The second-order valence-electron chi connectivity index (χ2n) is 7.61. The molecule has 0 saturated carbocycles. The lowest BCUT2D eigenvalue weighted by Gasteiger charge is -2.33. The van der Waals surface area contributed by atoms with Crippen molar-refractivity contribution >= 4 is 11.8 Å². The topological polar surface area (TPSA) is 41.6 Å². The van der Waals surface area contributed by atoms with Crippen molar-refractivity contribution in [2.75, 3.05) is 25.0 Å². The highest BCUT2D eigenvalue weighted by Gasteiger charge is 2.26. The van der Waals surface area contributed by atoms with Gasteiger partial charge in [-0.3, -0.25) is 0 Å². The third-order valence-electron chi connectivity index (χ3n) is 4.24. The van der Waals surface area contributed by atoms with Crippen LogP contribution in [0.15, 0.2) is 18.2 Å². The molecule has 4 nitrogen and oxygen atoms in total. The van der Waals surface area contributed by atoms with E-state index in [-0.39, 0.29) is 6.09 Å². The first-order valence-electron chi connectivity index (χ1n) is 8.53. The quantitative estimate of drug-likeness (QED) is 0.900. The molecule has 0 aromatic heterocycles. The molecule has 2 rings (SSSR count). The van der Waals surface area contributed by atoms with Crippen molar-refractivity contribution in [3.8, 4) is 0 Å². The number of nitrogens with one attached hydrogen (secondary N) is 1. The second-order valence-corrected chi connectivity index (χ2v) is 7.61. The molecule has 128 valence electrons. The molecule has 0 atom stereocenters. The average molecular weight is 318 g/mol. The zero-order valence-electron chi connectivity index (χ0n) is 15.1. The van der Waals surface area contributed by atoms with Gasteiger partial charge in [0.25, 0.3) is 0 Å².